The Morgan fingerprint density at radius 1 is 1.29 bits per heavy atom. The van der Waals surface area contributed by atoms with Crippen LogP contribution in [0.5, 0.6) is 0 Å². The summed E-state index contributed by atoms with van der Waals surface area (Å²) in [5.41, 5.74) is 2.61. The van der Waals surface area contributed by atoms with Crippen molar-refractivity contribution in [3.63, 3.8) is 0 Å². The fourth-order valence-electron chi connectivity index (χ4n) is 2.36. The molecule has 7 heteroatoms. The van der Waals surface area contributed by atoms with Crippen molar-refractivity contribution < 1.29 is 4.79 Å². The van der Waals surface area contributed by atoms with Gasteiger partial charge < -0.3 is 10.3 Å². The monoisotopic (exact) mass is 285 g/mol. The van der Waals surface area contributed by atoms with E-state index in [1.54, 1.807) is 0 Å². The van der Waals surface area contributed by atoms with E-state index in [1.807, 2.05) is 31.2 Å². The van der Waals surface area contributed by atoms with Gasteiger partial charge in [0.25, 0.3) is 0 Å². The number of carbonyl (C=O) groups is 1. The molecule has 0 aliphatic heterocycles. The molecule has 4 N–H and O–H groups in total. The van der Waals surface area contributed by atoms with Crippen LogP contribution in [0.2, 0.25) is 0 Å². The Labute approximate surface area is 119 Å². The molecule has 0 spiro atoms. The number of aromatic nitrogens is 4. The highest BCUT2D eigenvalue weighted by Gasteiger charge is 2.12. The van der Waals surface area contributed by atoms with Gasteiger partial charge in [-0.25, -0.2) is 9.89 Å². The highest BCUT2D eigenvalue weighted by atomic mass is 16.2. The zero-order valence-corrected chi connectivity index (χ0v) is 11.5. The van der Waals surface area contributed by atoms with Crippen molar-refractivity contribution >= 4 is 16.8 Å². The summed E-state index contributed by atoms with van der Waals surface area (Å²) in [5.74, 6) is 0.288. The van der Waals surface area contributed by atoms with Crippen molar-refractivity contribution in [2.75, 3.05) is 0 Å². The first-order chi connectivity index (χ1) is 10.1. The van der Waals surface area contributed by atoms with Crippen molar-refractivity contribution in [1.29, 1.82) is 0 Å². The minimum absolute atomic E-state index is 0.119. The number of benzene rings is 1. The predicted octanol–water partition coefficient (Wildman–Crippen LogP) is 0.747. The quantitative estimate of drug-likeness (QED) is 0.568. The van der Waals surface area contributed by atoms with Crippen molar-refractivity contribution in [1.82, 2.24) is 25.5 Å². The molecule has 0 fully saturated rings. The molecule has 3 rings (SSSR count). The van der Waals surface area contributed by atoms with Gasteiger partial charge in [-0.1, -0.05) is 18.2 Å². The number of aromatic amines is 3. The van der Waals surface area contributed by atoms with Crippen LogP contribution in [0.4, 0.5) is 0 Å². The van der Waals surface area contributed by atoms with Crippen LogP contribution in [0.25, 0.3) is 10.9 Å². The van der Waals surface area contributed by atoms with Crippen molar-refractivity contribution in [3.8, 4) is 0 Å². The number of hydrogen-bond donors (Lipinski definition) is 4. The van der Waals surface area contributed by atoms with Gasteiger partial charge in [0.1, 0.15) is 5.82 Å². The number of para-hydroxylation sites is 1. The lowest BCUT2D eigenvalue weighted by Gasteiger charge is -2.03. The zero-order valence-electron chi connectivity index (χ0n) is 11.5. The van der Waals surface area contributed by atoms with E-state index in [1.165, 1.54) is 0 Å². The number of carbonyl (C=O) groups excluding carboxylic acids is 1. The van der Waals surface area contributed by atoms with Gasteiger partial charge in [-0.2, -0.15) is 5.10 Å². The van der Waals surface area contributed by atoms with Gasteiger partial charge in [-0.05, 0) is 18.6 Å². The highest BCUT2D eigenvalue weighted by Crippen LogP contribution is 2.22. The third-order valence-corrected chi connectivity index (χ3v) is 3.37. The summed E-state index contributed by atoms with van der Waals surface area (Å²) < 4.78 is 0. The van der Waals surface area contributed by atoms with Gasteiger partial charge in [0, 0.05) is 16.6 Å². The number of amides is 1. The van der Waals surface area contributed by atoms with E-state index in [4.69, 9.17) is 0 Å². The summed E-state index contributed by atoms with van der Waals surface area (Å²) in [6.07, 6.45) is 0.282. The molecular weight excluding hydrogens is 270 g/mol. The molecule has 0 aliphatic rings. The Hall–Kier alpha value is -2.83. The SMILES string of the molecule is Cc1[nH]c2ccccc2c1CC(=O)NCc1n[nH]c(=O)[nH]1. The molecule has 0 saturated heterocycles. The van der Waals surface area contributed by atoms with Crippen LogP contribution >= 0.6 is 0 Å². The van der Waals surface area contributed by atoms with Crippen molar-refractivity contribution in [2.24, 2.45) is 0 Å². The number of H-pyrrole nitrogens is 3. The molecule has 0 saturated carbocycles. The predicted molar refractivity (Wildman–Crippen MR) is 77.8 cm³/mol. The van der Waals surface area contributed by atoms with E-state index in [0.29, 0.717) is 5.82 Å². The smallest absolute Gasteiger partial charge is 0.340 e. The Bertz CT molecular complexity index is 842. The Balaban J connectivity index is 1.71. The molecule has 21 heavy (non-hydrogen) atoms. The lowest BCUT2D eigenvalue weighted by molar-refractivity contribution is -0.120. The van der Waals surface area contributed by atoms with Crippen LogP contribution in [0, 0.1) is 6.92 Å². The third kappa shape index (κ3) is 2.71. The first kappa shape index (κ1) is 13.2. The largest absolute Gasteiger partial charge is 0.358 e. The number of nitrogens with zero attached hydrogens (tertiary/aromatic N) is 1. The van der Waals surface area contributed by atoms with E-state index in [9.17, 15) is 9.59 Å². The Morgan fingerprint density at radius 3 is 2.86 bits per heavy atom. The van der Waals surface area contributed by atoms with Crippen LogP contribution in [-0.4, -0.2) is 26.1 Å². The van der Waals surface area contributed by atoms with Crippen LogP contribution in [0.1, 0.15) is 17.1 Å². The topological polar surface area (TPSA) is 106 Å². The molecule has 2 aromatic heterocycles. The number of aryl methyl sites for hydroxylation is 1. The number of hydrogen-bond acceptors (Lipinski definition) is 3. The van der Waals surface area contributed by atoms with Gasteiger partial charge in [-0.15, -0.1) is 0 Å². The number of rotatable bonds is 4. The van der Waals surface area contributed by atoms with E-state index in [0.717, 1.165) is 22.2 Å². The maximum Gasteiger partial charge on any atom is 0.340 e. The molecule has 2 heterocycles. The highest BCUT2D eigenvalue weighted by molar-refractivity contribution is 5.90. The molecule has 0 atom stereocenters. The summed E-state index contributed by atoms with van der Waals surface area (Å²) in [4.78, 5) is 28.7. The molecule has 108 valence electrons. The minimum Gasteiger partial charge on any atom is -0.358 e. The third-order valence-electron chi connectivity index (χ3n) is 3.37. The second-order valence-electron chi connectivity index (χ2n) is 4.85. The second-order valence-corrected chi connectivity index (χ2v) is 4.85. The van der Waals surface area contributed by atoms with E-state index < -0.39 is 0 Å². The lowest BCUT2D eigenvalue weighted by Crippen LogP contribution is -2.25. The fourth-order valence-corrected chi connectivity index (χ4v) is 2.36. The molecule has 3 aromatic rings. The summed E-state index contributed by atoms with van der Waals surface area (Å²) in [5, 5.41) is 9.78. The molecule has 0 radical (unpaired) electrons. The van der Waals surface area contributed by atoms with E-state index in [2.05, 4.69) is 25.5 Å². The van der Waals surface area contributed by atoms with Crippen LogP contribution in [0.3, 0.4) is 0 Å². The summed E-state index contributed by atoms with van der Waals surface area (Å²) in [7, 11) is 0. The van der Waals surface area contributed by atoms with E-state index in [-0.39, 0.29) is 24.6 Å². The zero-order chi connectivity index (χ0) is 14.8. The van der Waals surface area contributed by atoms with Crippen LogP contribution in [-0.2, 0) is 17.8 Å². The molecule has 0 aliphatic carbocycles. The summed E-state index contributed by atoms with van der Waals surface area (Å²) in [6, 6.07) is 7.88. The van der Waals surface area contributed by atoms with Crippen LogP contribution < -0.4 is 11.0 Å². The standard InChI is InChI=1S/C14H15N5O2/c1-8-10(9-4-2-3-5-11(9)16-8)6-13(20)15-7-12-17-14(21)19-18-12/h2-5,16H,6-7H2,1H3,(H,15,20)(H2,17,18,19,21). The average molecular weight is 285 g/mol. The molecular formula is C14H15N5O2. The normalized spacial score (nSPS) is 10.9. The number of nitrogens with one attached hydrogen (secondary N) is 4. The van der Waals surface area contributed by atoms with Gasteiger partial charge >= 0.3 is 5.69 Å². The first-order valence-electron chi connectivity index (χ1n) is 6.60. The Kier molecular flexibility index (Phi) is 3.31. The maximum atomic E-state index is 12.0. The number of fused-ring (bicyclic) bond motifs is 1. The molecule has 0 unspecified atom stereocenters. The summed E-state index contributed by atoms with van der Waals surface area (Å²) >= 11 is 0. The van der Waals surface area contributed by atoms with Crippen LogP contribution in [0.15, 0.2) is 29.1 Å². The van der Waals surface area contributed by atoms with E-state index >= 15 is 0 Å². The van der Waals surface area contributed by atoms with Crippen molar-refractivity contribution in [2.45, 2.75) is 19.9 Å². The van der Waals surface area contributed by atoms with Gasteiger partial charge in [0.05, 0.1) is 13.0 Å². The molecule has 1 amide bonds. The first-order valence-corrected chi connectivity index (χ1v) is 6.60. The molecule has 7 nitrogen and oxygen atoms in total. The fraction of sp³-hybridized carbons (Fsp3) is 0.214. The summed E-state index contributed by atoms with van der Waals surface area (Å²) in [6.45, 7) is 2.15. The van der Waals surface area contributed by atoms with Crippen molar-refractivity contribution in [3.05, 3.63) is 51.8 Å². The molecule has 1 aromatic carbocycles. The van der Waals surface area contributed by atoms with Gasteiger partial charge in [0.2, 0.25) is 5.91 Å². The average Bonchev–Trinajstić information content (AvgIpc) is 3.01. The second kappa shape index (κ2) is 5.28. The minimum atomic E-state index is -0.383. The lowest BCUT2D eigenvalue weighted by atomic mass is 10.1. The van der Waals surface area contributed by atoms with Gasteiger partial charge in [-0.3, -0.25) is 9.78 Å². The maximum absolute atomic E-state index is 12.0. The van der Waals surface area contributed by atoms with Gasteiger partial charge in [0.15, 0.2) is 0 Å². The molecule has 0 bridgehead atoms. The Morgan fingerprint density at radius 2 is 2.10 bits per heavy atom.